The maximum atomic E-state index is 6.08. The highest BCUT2D eigenvalue weighted by Gasteiger charge is 2.44. The Labute approximate surface area is 138 Å². The summed E-state index contributed by atoms with van der Waals surface area (Å²) in [6, 6.07) is 5.05. The molecule has 1 aromatic rings. The molecule has 0 spiro atoms. The molecule has 1 aliphatic carbocycles. The van der Waals surface area contributed by atoms with Gasteiger partial charge in [-0.15, -0.1) is 6.42 Å². The van der Waals surface area contributed by atoms with Crippen molar-refractivity contribution in [1.82, 2.24) is 5.32 Å². The second-order valence-corrected chi connectivity index (χ2v) is 6.57. The summed E-state index contributed by atoms with van der Waals surface area (Å²) in [5, 5.41) is 3.54. The minimum absolute atomic E-state index is 0.352. The summed E-state index contributed by atoms with van der Waals surface area (Å²) < 4.78 is 11.4. The van der Waals surface area contributed by atoms with Crippen molar-refractivity contribution in [3.8, 4) is 18.1 Å². The normalized spacial score (nSPS) is 24.7. The number of terminal acetylenes is 1. The fourth-order valence-corrected chi connectivity index (χ4v) is 4.46. The molecule has 0 aromatic heterocycles. The first-order chi connectivity index (χ1) is 11.4. The molecule has 1 N–H and O–H groups in total. The van der Waals surface area contributed by atoms with Crippen LogP contribution in [0.2, 0.25) is 0 Å². The molecule has 122 valence electrons. The van der Waals surface area contributed by atoms with Crippen LogP contribution in [0.4, 0.5) is 5.69 Å². The second kappa shape index (κ2) is 6.43. The molecule has 2 atom stereocenters. The van der Waals surface area contributed by atoms with Gasteiger partial charge in [-0.3, -0.25) is 0 Å². The van der Waals surface area contributed by atoms with Crippen molar-refractivity contribution in [2.75, 3.05) is 37.8 Å². The van der Waals surface area contributed by atoms with Crippen LogP contribution < -0.4 is 15.0 Å². The predicted octanol–water partition coefficient (Wildman–Crippen LogP) is 2.27. The number of hydrogen-bond donors (Lipinski definition) is 1. The standard InChI is InChI=1S/C19H24N2O2/c1-2-10-22-11-12-23-17-7-6-14-13-20-8-9-21-16-5-3-4-15(16)18(17)19(14)21/h1,6-7,15-16,20H,3-5,8-13H2/t15-,16+/m0/s1. The fraction of sp³-hybridized carbons (Fsp3) is 0.579. The molecule has 1 saturated carbocycles. The first-order valence-electron chi connectivity index (χ1n) is 8.67. The quantitative estimate of drug-likeness (QED) is 0.668. The number of nitrogens with zero attached hydrogens (tertiary/aromatic N) is 1. The van der Waals surface area contributed by atoms with Crippen LogP contribution in [0.1, 0.15) is 36.3 Å². The van der Waals surface area contributed by atoms with E-state index in [4.69, 9.17) is 15.9 Å². The molecule has 4 rings (SSSR count). The molecule has 0 radical (unpaired) electrons. The topological polar surface area (TPSA) is 33.7 Å². The lowest BCUT2D eigenvalue weighted by atomic mass is 9.95. The summed E-state index contributed by atoms with van der Waals surface area (Å²) in [5.74, 6) is 4.18. The molecule has 23 heavy (non-hydrogen) atoms. The van der Waals surface area contributed by atoms with Crippen LogP contribution in [0.5, 0.6) is 5.75 Å². The summed E-state index contributed by atoms with van der Waals surface area (Å²) >= 11 is 0. The van der Waals surface area contributed by atoms with E-state index in [-0.39, 0.29) is 0 Å². The van der Waals surface area contributed by atoms with Gasteiger partial charge in [0.15, 0.2) is 0 Å². The largest absolute Gasteiger partial charge is 0.491 e. The molecular formula is C19H24N2O2. The minimum atomic E-state index is 0.352. The van der Waals surface area contributed by atoms with Crippen molar-refractivity contribution in [2.24, 2.45) is 0 Å². The summed E-state index contributed by atoms with van der Waals surface area (Å²) in [7, 11) is 0. The Bertz CT molecular complexity index is 623. The van der Waals surface area contributed by atoms with E-state index in [2.05, 4.69) is 28.3 Å². The van der Waals surface area contributed by atoms with Gasteiger partial charge >= 0.3 is 0 Å². The van der Waals surface area contributed by atoms with E-state index in [1.165, 1.54) is 36.1 Å². The van der Waals surface area contributed by atoms with Gasteiger partial charge < -0.3 is 19.7 Å². The van der Waals surface area contributed by atoms with Gasteiger partial charge in [-0.2, -0.15) is 0 Å². The molecule has 2 heterocycles. The van der Waals surface area contributed by atoms with Gasteiger partial charge in [0.05, 0.1) is 6.61 Å². The Kier molecular flexibility index (Phi) is 4.15. The SMILES string of the molecule is C#CCOCCOc1ccc2c3c1[C@H]1CCC[C@H]1N3CCNC2. The van der Waals surface area contributed by atoms with E-state index in [0.29, 0.717) is 31.8 Å². The maximum Gasteiger partial charge on any atom is 0.125 e. The van der Waals surface area contributed by atoms with Crippen LogP contribution in [-0.2, 0) is 11.3 Å². The van der Waals surface area contributed by atoms with E-state index >= 15 is 0 Å². The average molecular weight is 312 g/mol. The molecule has 1 fully saturated rings. The molecule has 2 aliphatic heterocycles. The van der Waals surface area contributed by atoms with Gasteiger partial charge in [-0.05, 0) is 24.5 Å². The van der Waals surface area contributed by atoms with Crippen molar-refractivity contribution in [1.29, 1.82) is 0 Å². The number of hydrogen-bond acceptors (Lipinski definition) is 4. The van der Waals surface area contributed by atoms with Gasteiger partial charge in [-0.25, -0.2) is 0 Å². The Morgan fingerprint density at radius 1 is 1.30 bits per heavy atom. The lowest BCUT2D eigenvalue weighted by Crippen LogP contribution is -2.35. The number of nitrogens with one attached hydrogen (secondary N) is 1. The van der Waals surface area contributed by atoms with E-state index in [1.54, 1.807) is 0 Å². The summed E-state index contributed by atoms with van der Waals surface area (Å²) in [4.78, 5) is 2.64. The first kappa shape index (κ1) is 14.9. The van der Waals surface area contributed by atoms with Gasteiger partial charge in [0.25, 0.3) is 0 Å². The Hall–Kier alpha value is -1.70. The molecule has 4 heteroatoms. The van der Waals surface area contributed by atoms with Crippen LogP contribution in [-0.4, -0.2) is 39.0 Å². The zero-order valence-electron chi connectivity index (χ0n) is 13.5. The van der Waals surface area contributed by atoms with Crippen LogP contribution in [0.25, 0.3) is 0 Å². The van der Waals surface area contributed by atoms with E-state index in [0.717, 1.165) is 25.4 Å². The fourth-order valence-electron chi connectivity index (χ4n) is 4.46. The van der Waals surface area contributed by atoms with Crippen LogP contribution in [0.3, 0.4) is 0 Å². The zero-order chi connectivity index (χ0) is 15.6. The lowest BCUT2D eigenvalue weighted by molar-refractivity contribution is 0.124. The molecule has 1 aromatic carbocycles. The zero-order valence-corrected chi connectivity index (χ0v) is 13.5. The Morgan fingerprint density at radius 3 is 3.17 bits per heavy atom. The highest BCUT2D eigenvalue weighted by Crippen LogP contribution is 2.54. The van der Waals surface area contributed by atoms with Crippen LogP contribution in [0, 0.1) is 12.3 Å². The number of anilines is 1. The summed E-state index contributed by atoms with van der Waals surface area (Å²) in [5.41, 5.74) is 4.32. The van der Waals surface area contributed by atoms with Crippen molar-refractivity contribution in [2.45, 2.75) is 37.8 Å². The third-order valence-electron chi connectivity index (χ3n) is 5.31. The number of ether oxygens (including phenoxy) is 2. The summed E-state index contributed by atoms with van der Waals surface area (Å²) in [6.45, 7) is 4.58. The van der Waals surface area contributed by atoms with E-state index < -0.39 is 0 Å². The molecular weight excluding hydrogens is 288 g/mol. The number of fused-ring (bicyclic) bond motifs is 3. The average Bonchev–Trinajstić information content (AvgIpc) is 3.07. The lowest BCUT2D eigenvalue weighted by Gasteiger charge is -2.26. The van der Waals surface area contributed by atoms with Crippen LogP contribution in [0.15, 0.2) is 12.1 Å². The Balaban J connectivity index is 1.60. The minimum Gasteiger partial charge on any atom is -0.491 e. The van der Waals surface area contributed by atoms with Gasteiger partial charge in [0.1, 0.15) is 19.0 Å². The van der Waals surface area contributed by atoms with Crippen LogP contribution >= 0.6 is 0 Å². The highest BCUT2D eigenvalue weighted by atomic mass is 16.5. The first-order valence-corrected chi connectivity index (χ1v) is 8.67. The molecule has 4 nitrogen and oxygen atoms in total. The predicted molar refractivity (Wildman–Crippen MR) is 91.0 cm³/mol. The van der Waals surface area contributed by atoms with Crippen molar-refractivity contribution >= 4 is 5.69 Å². The van der Waals surface area contributed by atoms with Crippen molar-refractivity contribution in [3.05, 3.63) is 23.3 Å². The molecule has 0 unspecified atom stereocenters. The summed E-state index contributed by atoms with van der Waals surface area (Å²) in [6.07, 6.45) is 9.12. The van der Waals surface area contributed by atoms with Gasteiger partial charge in [0.2, 0.25) is 0 Å². The van der Waals surface area contributed by atoms with Gasteiger partial charge in [-0.1, -0.05) is 18.4 Å². The third kappa shape index (κ3) is 2.58. The molecule has 0 amide bonds. The van der Waals surface area contributed by atoms with Crippen molar-refractivity contribution < 1.29 is 9.47 Å². The monoisotopic (exact) mass is 312 g/mol. The van der Waals surface area contributed by atoms with E-state index in [1.807, 2.05) is 0 Å². The van der Waals surface area contributed by atoms with E-state index in [9.17, 15) is 0 Å². The molecule has 0 saturated heterocycles. The maximum absolute atomic E-state index is 6.08. The van der Waals surface area contributed by atoms with Gasteiger partial charge in [0, 0.05) is 42.8 Å². The Morgan fingerprint density at radius 2 is 2.26 bits per heavy atom. The second-order valence-electron chi connectivity index (χ2n) is 6.57. The molecule has 0 bridgehead atoms. The number of benzene rings is 1. The van der Waals surface area contributed by atoms with Crippen molar-refractivity contribution in [3.63, 3.8) is 0 Å². The number of rotatable bonds is 5. The highest BCUT2D eigenvalue weighted by molar-refractivity contribution is 5.71. The molecule has 3 aliphatic rings. The third-order valence-corrected chi connectivity index (χ3v) is 5.31. The smallest absolute Gasteiger partial charge is 0.125 e.